The van der Waals surface area contributed by atoms with Crippen LogP contribution in [0, 0.1) is 0 Å². The molecule has 2 N–H and O–H groups in total. The Morgan fingerprint density at radius 2 is 2.09 bits per heavy atom. The van der Waals surface area contributed by atoms with Crippen molar-refractivity contribution in [2.75, 3.05) is 30.4 Å². The molecular weight excluding hydrogens is 280 g/mol. The number of hydrogen-bond donors (Lipinski definition) is 2. The Morgan fingerprint density at radius 1 is 1.23 bits per heavy atom. The fraction of sp³-hybridized carbons (Fsp3) is 0.267. The molecule has 1 aromatic carbocycles. The van der Waals surface area contributed by atoms with E-state index in [-0.39, 0.29) is 0 Å². The van der Waals surface area contributed by atoms with Crippen molar-refractivity contribution in [3.05, 3.63) is 30.5 Å². The zero-order valence-electron chi connectivity index (χ0n) is 12.2. The molecule has 0 unspecified atom stereocenters. The second-order valence-corrected chi connectivity index (χ2v) is 5.17. The highest BCUT2D eigenvalue weighted by Gasteiger charge is 2.19. The van der Waals surface area contributed by atoms with Gasteiger partial charge in [-0.3, -0.25) is 5.10 Å². The Balaban J connectivity index is 1.71. The summed E-state index contributed by atoms with van der Waals surface area (Å²) in [5.41, 5.74) is 0.973. The Kier molecular flexibility index (Phi) is 3.03. The van der Waals surface area contributed by atoms with Gasteiger partial charge in [-0.25, -0.2) is 4.98 Å². The van der Waals surface area contributed by atoms with E-state index >= 15 is 0 Å². The first-order valence-electron chi connectivity index (χ1n) is 7.21. The number of hydrogen-bond acceptors (Lipinski definition) is 6. The lowest BCUT2D eigenvalue weighted by Crippen LogP contribution is -2.38. The van der Waals surface area contributed by atoms with Gasteiger partial charge in [0.25, 0.3) is 0 Å². The van der Waals surface area contributed by atoms with Crippen LogP contribution in [-0.2, 0) is 0 Å². The van der Waals surface area contributed by atoms with Crippen LogP contribution in [-0.4, -0.2) is 40.4 Å². The molecule has 1 aliphatic rings. The minimum absolute atomic E-state index is 0.594. The van der Waals surface area contributed by atoms with Crippen molar-refractivity contribution in [2.45, 2.75) is 6.42 Å². The van der Waals surface area contributed by atoms with E-state index in [4.69, 9.17) is 4.74 Å². The van der Waals surface area contributed by atoms with Crippen LogP contribution < -0.4 is 15.0 Å². The van der Waals surface area contributed by atoms with Gasteiger partial charge in [0.05, 0.1) is 18.8 Å². The Bertz CT molecular complexity index is 811. The minimum Gasteiger partial charge on any atom is -0.491 e. The standard InChI is InChI=1S/C15H16N6O/c1-22-12-9-16-15(21-7-4-8-21)18-14(12)17-13-10-5-2-3-6-11(10)19-20-13/h2-3,5-6,9H,4,7-8H2,1H3,(H2,16,17,18,19,20). The van der Waals surface area contributed by atoms with Gasteiger partial charge in [0.2, 0.25) is 5.95 Å². The number of ether oxygens (including phenoxy) is 1. The molecule has 1 aliphatic heterocycles. The summed E-state index contributed by atoms with van der Waals surface area (Å²) in [6, 6.07) is 7.94. The molecule has 112 valence electrons. The van der Waals surface area contributed by atoms with Crippen molar-refractivity contribution in [1.29, 1.82) is 0 Å². The number of fused-ring (bicyclic) bond motifs is 1. The summed E-state index contributed by atoms with van der Waals surface area (Å²) >= 11 is 0. The lowest BCUT2D eigenvalue weighted by atomic mass is 10.2. The number of rotatable bonds is 4. The maximum atomic E-state index is 5.35. The summed E-state index contributed by atoms with van der Waals surface area (Å²) in [5.74, 6) is 2.66. The van der Waals surface area contributed by atoms with Crippen LogP contribution in [0.5, 0.6) is 5.75 Å². The third-order valence-electron chi connectivity index (χ3n) is 3.81. The van der Waals surface area contributed by atoms with E-state index in [9.17, 15) is 0 Å². The SMILES string of the molecule is COc1cnc(N2CCC2)nc1Nc1n[nH]c2ccccc12. The van der Waals surface area contributed by atoms with Gasteiger partial charge in [-0.1, -0.05) is 12.1 Å². The number of nitrogens with one attached hydrogen (secondary N) is 2. The lowest BCUT2D eigenvalue weighted by molar-refractivity contribution is 0.412. The molecule has 0 saturated carbocycles. The average molecular weight is 296 g/mol. The number of aromatic nitrogens is 4. The topological polar surface area (TPSA) is 79.0 Å². The molecule has 2 aromatic heterocycles. The monoisotopic (exact) mass is 296 g/mol. The van der Waals surface area contributed by atoms with Gasteiger partial charge in [0, 0.05) is 18.5 Å². The van der Waals surface area contributed by atoms with Gasteiger partial charge < -0.3 is 15.0 Å². The normalized spacial score (nSPS) is 14.0. The van der Waals surface area contributed by atoms with Crippen molar-refractivity contribution in [3.8, 4) is 5.75 Å². The van der Waals surface area contributed by atoms with Gasteiger partial charge in [0.1, 0.15) is 0 Å². The Morgan fingerprint density at radius 3 is 2.86 bits per heavy atom. The number of H-pyrrole nitrogens is 1. The first kappa shape index (κ1) is 12.9. The summed E-state index contributed by atoms with van der Waals surface area (Å²) in [6.07, 6.45) is 2.87. The van der Waals surface area contributed by atoms with Crippen LogP contribution >= 0.6 is 0 Å². The van der Waals surface area contributed by atoms with Crippen molar-refractivity contribution in [3.63, 3.8) is 0 Å². The second kappa shape index (κ2) is 5.18. The minimum atomic E-state index is 0.594. The molecule has 0 amide bonds. The lowest BCUT2D eigenvalue weighted by Gasteiger charge is -2.31. The van der Waals surface area contributed by atoms with Gasteiger partial charge in [-0.05, 0) is 18.6 Å². The molecule has 0 radical (unpaired) electrons. The predicted octanol–water partition coefficient (Wildman–Crippen LogP) is 2.32. The maximum absolute atomic E-state index is 5.35. The Hall–Kier alpha value is -2.83. The van der Waals surface area contributed by atoms with E-state index in [0.717, 1.165) is 35.8 Å². The number of anilines is 3. The third-order valence-corrected chi connectivity index (χ3v) is 3.81. The summed E-state index contributed by atoms with van der Waals surface area (Å²) in [5, 5.41) is 11.6. The predicted molar refractivity (Wildman–Crippen MR) is 84.8 cm³/mol. The number of aromatic amines is 1. The molecule has 7 nitrogen and oxygen atoms in total. The van der Waals surface area contributed by atoms with E-state index in [1.165, 1.54) is 6.42 Å². The van der Waals surface area contributed by atoms with Crippen LogP contribution in [0.1, 0.15) is 6.42 Å². The fourth-order valence-electron chi connectivity index (χ4n) is 2.44. The third kappa shape index (κ3) is 2.11. The number of methoxy groups -OCH3 is 1. The molecule has 1 fully saturated rings. The molecule has 0 spiro atoms. The zero-order valence-corrected chi connectivity index (χ0v) is 12.2. The first-order chi connectivity index (χ1) is 10.8. The number of nitrogens with zero attached hydrogens (tertiary/aromatic N) is 4. The molecule has 0 bridgehead atoms. The highest BCUT2D eigenvalue weighted by Crippen LogP contribution is 2.30. The van der Waals surface area contributed by atoms with E-state index in [2.05, 4.69) is 30.4 Å². The van der Waals surface area contributed by atoms with Crippen LogP contribution in [0.3, 0.4) is 0 Å². The molecule has 3 heterocycles. The number of benzene rings is 1. The average Bonchev–Trinajstić information content (AvgIpc) is 2.89. The quantitative estimate of drug-likeness (QED) is 0.769. The molecule has 4 rings (SSSR count). The first-order valence-corrected chi connectivity index (χ1v) is 7.21. The zero-order chi connectivity index (χ0) is 14.9. The summed E-state index contributed by atoms with van der Waals surface area (Å²) in [6.45, 7) is 1.99. The summed E-state index contributed by atoms with van der Waals surface area (Å²) in [7, 11) is 1.61. The van der Waals surface area contributed by atoms with Gasteiger partial charge >= 0.3 is 0 Å². The highest BCUT2D eigenvalue weighted by atomic mass is 16.5. The van der Waals surface area contributed by atoms with Crippen molar-refractivity contribution >= 4 is 28.5 Å². The van der Waals surface area contributed by atoms with Crippen molar-refractivity contribution in [2.24, 2.45) is 0 Å². The van der Waals surface area contributed by atoms with E-state index in [1.54, 1.807) is 13.3 Å². The van der Waals surface area contributed by atoms with E-state index in [1.807, 2.05) is 24.3 Å². The van der Waals surface area contributed by atoms with Crippen LogP contribution in [0.15, 0.2) is 30.5 Å². The summed E-state index contributed by atoms with van der Waals surface area (Å²) < 4.78 is 5.35. The molecule has 3 aromatic rings. The van der Waals surface area contributed by atoms with Gasteiger partial charge in [0.15, 0.2) is 17.4 Å². The second-order valence-electron chi connectivity index (χ2n) is 5.17. The smallest absolute Gasteiger partial charge is 0.227 e. The highest BCUT2D eigenvalue weighted by molar-refractivity contribution is 5.91. The van der Waals surface area contributed by atoms with Gasteiger partial charge in [-0.2, -0.15) is 10.1 Å². The molecule has 0 atom stereocenters. The Labute approximate surface area is 127 Å². The molecule has 7 heteroatoms. The molecule has 22 heavy (non-hydrogen) atoms. The van der Waals surface area contributed by atoms with Crippen molar-refractivity contribution in [1.82, 2.24) is 20.2 Å². The largest absolute Gasteiger partial charge is 0.491 e. The molecule has 0 aliphatic carbocycles. The molecular formula is C15H16N6O. The van der Waals surface area contributed by atoms with Crippen molar-refractivity contribution < 1.29 is 4.74 Å². The number of para-hydroxylation sites is 1. The summed E-state index contributed by atoms with van der Waals surface area (Å²) in [4.78, 5) is 11.0. The van der Waals surface area contributed by atoms with Crippen LogP contribution in [0.4, 0.5) is 17.6 Å². The fourth-order valence-corrected chi connectivity index (χ4v) is 2.44. The molecule has 1 saturated heterocycles. The van der Waals surface area contributed by atoms with Crippen LogP contribution in [0.25, 0.3) is 10.9 Å². The van der Waals surface area contributed by atoms with Crippen LogP contribution in [0.2, 0.25) is 0 Å². The van der Waals surface area contributed by atoms with E-state index in [0.29, 0.717) is 11.6 Å². The van der Waals surface area contributed by atoms with Gasteiger partial charge in [-0.15, -0.1) is 0 Å². The van der Waals surface area contributed by atoms with E-state index < -0.39 is 0 Å². The maximum Gasteiger partial charge on any atom is 0.227 e.